The van der Waals surface area contributed by atoms with E-state index >= 15 is 0 Å². The molecule has 0 aliphatic carbocycles. The molecule has 0 bridgehead atoms. The standard InChI is InChI=1S/C22H16N2O2S/c25-19(22-24-18-9-2-4-11-21(18)27-22)13-12-16-7-1-3-10-20(16)26-15-17-8-5-6-14-23-17/h1-14H,15H2/b13-12+. The van der Waals surface area contributed by atoms with Gasteiger partial charge in [0.25, 0.3) is 0 Å². The van der Waals surface area contributed by atoms with Crippen molar-refractivity contribution in [1.82, 2.24) is 9.97 Å². The average molecular weight is 372 g/mol. The van der Waals surface area contributed by atoms with Crippen LogP contribution < -0.4 is 4.74 Å². The molecule has 4 rings (SSSR count). The van der Waals surface area contributed by atoms with Crippen molar-refractivity contribution in [2.24, 2.45) is 0 Å². The Hall–Kier alpha value is -3.31. The average Bonchev–Trinajstić information content (AvgIpc) is 3.16. The molecular weight excluding hydrogens is 356 g/mol. The van der Waals surface area contributed by atoms with Crippen LogP contribution >= 0.6 is 11.3 Å². The summed E-state index contributed by atoms with van der Waals surface area (Å²) in [7, 11) is 0. The number of allylic oxidation sites excluding steroid dienone is 1. The third kappa shape index (κ3) is 4.10. The van der Waals surface area contributed by atoms with Crippen molar-refractivity contribution in [3.8, 4) is 5.75 Å². The fourth-order valence-electron chi connectivity index (χ4n) is 2.60. The first-order valence-corrected chi connectivity index (χ1v) is 9.31. The van der Waals surface area contributed by atoms with Crippen molar-refractivity contribution in [1.29, 1.82) is 0 Å². The van der Waals surface area contributed by atoms with E-state index in [1.54, 1.807) is 18.3 Å². The number of para-hydroxylation sites is 2. The lowest BCUT2D eigenvalue weighted by atomic mass is 10.1. The van der Waals surface area contributed by atoms with E-state index in [2.05, 4.69) is 9.97 Å². The minimum absolute atomic E-state index is 0.115. The molecule has 0 atom stereocenters. The number of benzene rings is 2. The first-order valence-electron chi connectivity index (χ1n) is 8.49. The van der Waals surface area contributed by atoms with Crippen molar-refractivity contribution < 1.29 is 9.53 Å². The van der Waals surface area contributed by atoms with Gasteiger partial charge >= 0.3 is 0 Å². The molecule has 132 valence electrons. The lowest BCUT2D eigenvalue weighted by Crippen LogP contribution is -1.99. The third-order valence-electron chi connectivity index (χ3n) is 3.94. The van der Waals surface area contributed by atoms with E-state index in [-0.39, 0.29) is 5.78 Å². The van der Waals surface area contributed by atoms with Gasteiger partial charge in [0, 0.05) is 11.8 Å². The molecule has 5 heteroatoms. The fourth-order valence-corrected chi connectivity index (χ4v) is 3.49. The van der Waals surface area contributed by atoms with E-state index < -0.39 is 0 Å². The largest absolute Gasteiger partial charge is 0.487 e. The first-order chi connectivity index (χ1) is 13.3. The summed E-state index contributed by atoms with van der Waals surface area (Å²) in [5.41, 5.74) is 2.53. The van der Waals surface area contributed by atoms with Gasteiger partial charge in [-0.15, -0.1) is 11.3 Å². The predicted octanol–water partition coefficient (Wildman–Crippen LogP) is 5.17. The third-order valence-corrected chi connectivity index (χ3v) is 4.99. The Morgan fingerprint density at radius 1 is 1.00 bits per heavy atom. The maximum atomic E-state index is 12.5. The minimum Gasteiger partial charge on any atom is -0.487 e. The van der Waals surface area contributed by atoms with Crippen LogP contribution in [0.4, 0.5) is 0 Å². The zero-order chi connectivity index (χ0) is 18.5. The topological polar surface area (TPSA) is 52.1 Å². The number of aromatic nitrogens is 2. The maximum Gasteiger partial charge on any atom is 0.214 e. The number of carbonyl (C=O) groups is 1. The van der Waals surface area contributed by atoms with Crippen molar-refractivity contribution in [2.45, 2.75) is 6.61 Å². The van der Waals surface area contributed by atoms with Crippen molar-refractivity contribution >= 4 is 33.4 Å². The van der Waals surface area contributed by atoms with Gasteiger partial charge in [-0.3, -0.25) is 9.78 Å². The van der Waals surface area contributed by atoms with Crippen LogP contribution in [0, 0.1) is 0 Å². The summed E-state index contributed by atoms with van der Waals surface area (Å²) in [6, 6.07) is 21.1. The zero-order valence-corrected chi connectivity index (χ0v) is 15.2. The molecule has 2 aromatic carbocycles. The molecule has 0 unspecified atom stereocenters. The van der Waals surface area contributed by atoms with Gasteiger partial charge in [0.15, 0.2) is 5.01 Å². The molecule has 0 spiro atoms. The maximum absolute atomic E-state index is 12.5. The molecule has 0 saturated carbocycles. The summed E-state index contributed by atoms with van der Waals surface area (Å²) in [6.07, 6.45) is 5.05. The monoisotopic (exact) mass is 372 g/mol. The number of thiazole rings is 1. The molecule has 2 heterocycles. The Morgan fingerprint density at radius 2 is 1.81 bits per heavy atom. The van der Waals surface area contributed by atoms with Crippen molar-refractivity contribution in [3.05, 3.63) is 95.3 Å². The molecule has 4 aromatic rings. The van der Waals surface area contributed by atoms with E-state index in [9.17, 15) is 4.79 Å². The summed E-state index contributed by atoms with van der Waals surface area (Å²) < 4.78 is 6.88. The number of hydrogen-bond acceptors (Lipinski definition) is 5. The second kappa shape index (κ2) is 7.93. The summed E-state index contributed by atoms with van der Waals surface area (Å²) in [5.74, 6) is 0.590. The van der Waals surface area contributed by atoms with Crippen LogP contribution in [0.1, 0.15) is 21.1 Å². The molecule has 0 radical (unpaired) electrons. The lowest BCUT2D eigenvalue weighted by Gasteiger charge is -2.08. The summed E-state index contributed by atoms with van der Waals surface area (Å²) in [6.45, 7) is 0.373. The number of hydrogen-bond donors (Lipinski definition) is 0. The quantitative estimate of drug-likeness (QED) is 0.346. The molecule has 0 amide bonds. The smallest absolute Gasteiger partial charge is 0.214 e. The molecule has 0 saturated heterocycles. The number of ether oxygens (including phenoxy) is 1. The van der Waals surface area contributed by atoms with E-state index in [4.69, 9.17) is 4.74 Å². The highest BCUT2D eigenvalue weighted by atomic mass is 32.1. The predicted molar refractivity (Wildman–Crippen MR) is 108 cm³/mol. The fraction of sp³-hybridized carbons (Fsp3) is 0.0455. The molecule has 2 aromatic heterocycles. The molecule has 0 fully saturated rings. The molecular formula is C22H16N2O2S. The number of rotatable bonds is 6. The lowest BCUT2D eigenvalue weighted by molar-refractivity contribution is 0.104. The highest BCUT2D eigenvalue weighted by Crippen LogP contribution is 2.24. The van der Waals surface area contributed by atoms with Gasteiger partial charge in [0.2, 0.25) is 5.78 Å². The van der Waals surface area contributed by atoms with Crippen molar-refractivity contribution in [3.63, 3.8) is 0 Å². The van der Waals surface area contributed by atoms with Crippen LogP contribution in [-0.4, -0.2) is 15.8 Å². The van der Waals surface area contributed by atoms with Crippen LogP contribution in [0.3, 0.4) is 0 Å². The van der Waals surface area contributed by atoms with Crippen LogP contribution in [0.5, 0.6) is 5.75 Å². The Balaban J connectivity index is 1.50. The highest BCUT2D eigenvalue weighted by molar-refractivity contribution is 7.20. The number of carbonyl (C=O) groups excluding carboxylic acids is 1. The molecule has 0 N–H and O–H groups in total. The number of nitrogens with zero attached hydrogens (tertiary/aromatic N) is 2. The van der Waals surface area contributed by atoms with E-state index in [1.807, 2.05) is 66.7 Å². The number of ketones is 1. The Bertz CT molecular complexity index is 1070. The van der Waals surface area contributed by atoms with Gasteiger partial charge in [-0.2, -0.15) is 0 Å². The summed E-state index contributed by atoms with van der Waals surface area (Å²) in [4.78, 5) is 21.1. The first kappa shape index (κ1) is 17.1. The second-order valence-corrected chi connectivity index (χ2v) is 6.86. The molecule has 0 aliphatic heterocycles. The highest BCUT2D eigenvalue weighted by Gasteiger charge is 2.09. The van der Waals surface area contributed by atoms with E-state index in [0.29, 0.717) is 17.4 Å². The summed E-state index contributed by atoms with van der Waals surface area (Å²) >= 11 is 1.40. The van der Waals surface area contributed by atoms with Gasteiger partial charge in [0.1, 0.15) is 12.4 Å². The number of fused-ring (bicyclic) bond motifs is 1. The Labute approximate surface area is 160 Å². The van der Waals surface area contributed by atoms with Gasteiger partial charge in [-0.25, -0.2) is 4.98 Å². The molecule has 4 nitrogen and oxygen atoms in total. The van der Waals surface area contributed by atoms with Gasteiger partial charge in [0.05, 0.1) is 15.9 Å². The molecule has 27 heavy (non-hydrogen) atoms. The minimum atomic E-state index is -0.115. The van der Waals surface area contributed by atoms with Gasteiger partial charge in [-0.05, 0) is 42.5 Å². The van der Waals surface area contributed by atoms with Crippen LogP contribution in [-0.2, 0) is 6.61 Å². The second-order valence-electron chi connectivity index (χ2n) is 5.83. The normalized spacial score (nSPS) is 11.1. The zero-order valence-electron chi connectivity index (χ0n) is 14.4. The van der Waals surface area contributed by atoms with Crippen LogP contribution in [0.2, 0.25) is 0 Å². The molecule has 0 aliphatic rings. The number of pyridine rings is 1. The Morgan fingerprint density at radius 3 is 2.67 bits per heavy atom. The SMILES string of the molecule is O=C(/C=C/c1ccccc1OCc1ccccn1)c1nc2ccccc2s1. The van der Waals surface area contributed by atoms with E-state index in [1.165, 1.54) is 11.3 Å². The van der Waals surface area contributed by atoms with Crippen LogP contribution in [0.15, 0.2) is 79.0 Å². The van der Waals surface area contributed by atoms with Crippen molar-refractivity contribution in [2.75, 3.05) is 0 Å². The van der Waals surface area contributed by atoms with E-state index in [0.717, 1.165) is 21.5 Å². The summed E-state index contributed by atoms with van der Waals surface area (Å²) in [5, 5.41) is 0.485. The van der Waals surface area contributed by atoms with Gasteiger partial charge in [-0.1, -0.05) is 36.4 Å². The van der Waals surface area contributed by atoms with Gasteiger partial charge < -0.3 is 4.74 Å². The van der Waals surface area contributed by atoms with Crippen LogP contribution in [0.25, 0.3) is 16.3 Å². The Kier molecular flexibility index (Phi) is 5.03.